The molecule has 0 spiro atoms. The molecule has 6 nitrogen and oxygen atoms in total. The van der Waals surface area contributed by atoms with Gasteiger partial charge in [0.25, 0.3) is 0 Å². The van der Waals surface area contributed by atoms with E-state index in [4.69, 9.17) is 0 Å². The average Bonchev–Trinajstić information content (AvgIpc) is 2.89. The predicted octanol–water partition coefficient (Wildman–Crippen LogP) is 0.550. The number of nitrogens with one attached hydrogen (secondary N) is 3. The fraction of sp³-hybridized carbons (Fsp3) is 0.867. The number of amides is 1. The minimum atomic E-state index is 0.0703. The van der Waals surface area contributed by atoms with Crippen LogP contribution in [0.5, 0.6) is 0 Å². The molecule has 0 aromatic carbocycles. The highest BCUT2D eigenvalue weighted by molar-refractivity contribution is 5.81. The smallest absolute Gasteiger partial charge is 0.221 e. The Labute approximate surface area is 128 Å². The van der Waals surface area contributed by atoms with Crippen LogP contribution in [-0.4, -0.2) is 62.1 Å². The molecule has 0 aromatic heterocycles. The largest absolute Gasteiger partial charge is 0.356 e. The maximum Gasteiger partial charge on any atom is 0.221 e. The minimum Gasteiger partial charge on any atom is -0.356 e. The third-order valence-corrected chi connectivity index (χ3v) is 3.73. The van der Waals surface area contributed by atoms with Crippen molar-refractivity contribution in [2.75, 3.05) is 33.2 Å². The van der Waals surface area contributed by atoms with E-state index < -0.39 is 0 Å². The highest BCUT2D eigenvalue weighted by Gasteiger charge is 2.22. The Morgan fingerprint density at radius 2 is 2.14 bits per heavy atom. The molecule has 122 valence electrons. The Morgan fingerprint density at radius 3 is 2.76 bits per heavy atom. The van der Waals surface area contributed by atoms with E-state index in [2.05, 4.69) is 32.8 Å². The zero-order chi connectivity index (χ0) is 15.7. The molecule has 1 heterocycles. The maximum atomic E-state index is 11.6. The molecule has 0 bridgehead atoms. The maximum absolute atomic E-state index is 11.6. The van der Waals surface area contributed by atoms with E-state index in [9.17, 15) is 4.79 Å². The van der Waals surface area contributed by atoms with Gasteiger partial charge in [-0.3, -0.25) is 14.7 Å². The molecule has 1 unspecified atom stereocenters. The van der Waals surface area contributed by atoms with E-state index in [1.165, 1.54) is 19.4 Å². The van der Waals surface area contributed by atoms with Crippen molar-refractivity contribution in [1.29, 1.82) is 0 Å². The molecule has 1 saturated heterocycles. The summed E-state index contributed by atoms with van der Waals surface area (Å²) in [4.78, 5) is 18.3. The Morgan fingerprint density at radius 1 is 1.38 bits per heavy atom. The zero-order valence-electron chi connectivity index (χ0n) is 13.9. The summed E-state index contributed by atoms with van der Waals surface area (Å²) in [5, 5.41) is 9.42. The first-order chi connectivity index (χ1) is 10.1. The summed E-state index contributed by atoms with van der Waals surface area (Å²) in [7, 11) is 1.76. The zero-order valence-corrected chi connectivity index (χ0v) is 13.9. The molecule has 1 rings (SSSR count). The molecule has 1 fully saturated rings. The van der Waals surface area contributed by atoms with Gasteiger partial charge < -0.3 is 16.0 Å². The van der Waals surface area contributed by atoms with Crippen LogP contribution >= 0.6 is 0 Å². The molecule has 0 aromatic rings. The van der Waals surface area contributed by atoms with Gasteiger partial charge in [-0.05, 0) is 39.8 Å². The quantitative estimate of drug-likeness (QED) is 0.474. The number of hydrogen-bond donors (Lipinski definition) is 3. The van der Waals surface area contributed by atoms with Crippen molar-refractivity contribution < 1.29 is 4.79 Å². The molecular formula is C15H31N5O. The lowest BCUT2D eigenvalue weighted by Crippen LogP contribution is -2.45. The first-order valence-electron chi connectivity index (χ1n) is 8.04. The second-order valence-electron chi connectivity index (χ2n) is 5.78. The molecule has 0 aliphatic carbocycles. The van der Waals surface area contributed by atoms with Crippen molar-refractivity contribution in [3.63, 3.8) is 0 Å². The highest BCUT2D eigenvalue weighted by Crippen LogP contribution is 2.15. The summed E-state index contributed by atoms with van der Waals surface area (Å²) in [5.74, 6) is 0.844. The second-order valence-corrected chi connectivity index (χ2v) is 5.78. The van der Waals surface area contributed by atoms with Crippen LogP contribution in [0.4, 0.5) is 0 Å². The van der Waals surface area contributed by atoms with Gasteiger partial charge in [-0.25, -0.2) is 0 Å². The van der Waals surface area contributed by atoms with E-state index in [-0.39, 0.29) is 11.9 Å². The molecule has 1 amide bonds. The summed E-state index contributed by atoms with van der Waals surface area (Å²) < 4.78 is 0. The molecule has 0 radical (unpaired) electrons. The highest BCUT2D eigenvalue weighted by atomic mass is 16.1. The Kier molecular flexibility index (Phi) is 8.12. The number of nitrogens with zero attached hydrogens (tertiary/aromatic N) is 2. The van der Waals surface area contributed by atoms with E-state index >= 15 is 0 Å². The van der Waals surface area contributed by atoms with Crippen molar-refractivity contribution in [3.05, 3.63) is 0 Å². The van der Waals surface area contributed by atoms with Crippen LogP contribution in [0.1, 0.15) is 40.0 Å². The molecule has 0 saturated carbocycles. The number of likely N-dealkylation sites (tertiary alicyclic amines) is 1. The third-order valence-electron chi connectivity index (χ3n) is 3.73. The number of hydrogen-bond acceptors (Lipinski definition) is 3. The van der Waals surface area contributed by atoms with Gasteiger partial charge >= 0.3 is 0 Å². The molecule has 3 N–H and O–H groups in total. The summed E-state index contributed by atoms with van der Waals surface area (Å²) >= 11 is 0. The number of guanidine groups is 1. The van der Waals surface area contributed by atoms with Crippen molar-refractivity contribution >= 4 is 11.9 Å². The Hall–Kier alpha value is -1.30. The monoisotopic (exact) mass is 297 g/mol. The SMILES string of the molecule is CCN1CCCC1CNC(=NC)NCCC(=O)NC(C)C. The number of rotatable bonds is 7. The molecule has 1 aliphatic rings. The lowest BCUT2D eigenvalue weighted by Gasteiger charge is -2.23. The predicted molar refractivity (Wildman–Crippen MR) is 87.5 cm³/mol. The lowest BCUT2D eigenvalue weighted by molar-refractivity contribution is -0.121. The van der Waals surface area contributed by atoms with E-state index in [0.29, 0.717) is 19.0 Å². The van der Waals surface area contributed by atoms with Crippen molar-refractivity contribution in [2.45, 2.75) is 52.1 Å². The van der Waals surface area contributed by atoms with Crippen LogP contribution in [0, 0.1) is 0 Å². The third kappa shape index (κ3) is 6.80. The van der Waals surface area contributed by atoms with Gasteiger partial charge in [-0.15, -0.1) is 0 Å². The van der Waals surface area contributed by atoms with Crippen molar-refractivity contribution in [2.24, 2.45) is 4.99 Å². The number of carbonyl (C=O) groups excluding carboxylic acids is 1. The topological polar surface area (TPSA) is 68.8 Å². The van der Waals surface area contributed by atoms with Gasteiger partial charge in [0.1, 0.15) is 0 Å². The molecule has 6 heteroatoms. The number of carbonyl (C=O) groups is 1. The van der Waals surface area contributed by atoms with Gasteiger partial charge in [-0.2, -0.15) is 0 Å². The van der Waals surface area contributed by atoms with Gasteiger partial charge in [0.2, 0.25) is 5.91 Å². The van der Waals surface area contributed by atoms with Crippen LogP contribution in [0.25, 0.3) is 0 Å². The lowest BCUT2D eigenvalue weighted by atomic mass is 10.2. The van der Waals surface area contributed by atoms with Gasteiger partial charge in [-0.1, -0.05) is 6.92 Å². The van der Waals surface area contributed by atoms with E-state index in [1.54, 1.807) is 7.05 Å². The Balaban J connectivity index is 2.22. The van der Waals surface area contributed by atoms with Gasteiger partial charge in [0.15, 0.2) is 5.96 Å². The standard InChI is InChI=1S/C15H31N5O/c1-5-20-10-6-7-13(20)11-18-15(16-4)17-9-8-14(21)19-12(2)3/h12-13H,5-11H2,1-4H3,(H,19,21)(H2,16,17,18). The van der Waals surface area contributed by atoms with Crippen LogP contribution in [-0.2, 0) is 4.79 Å². The van der Waals surface area contributed by atoms with Crippen molar-refractivity contribution in [3.8, 4) is 0 Å². The first-order valence-corrected chi connectivity index (χ1v) is 8.04. The Bertz CT molecular complexity index is 343. The molecular weight excluding hydrogens is 266 g/mol. The minimum absolute atomic E-state index is 0.0703. The van der Waals surface area contributed by atoms with Crippen LogP contribution in [0.15, 0.2) is 4.99 Å². The average molecular weight is 297 g/mol. The van der Waals surface area contributed by atoms with Crippen molar-refractivity contribution in [1.82, 2.24) is 20.9 Å². The van der Waals surface area contributed by atoms with E-state index in [1.807, 2.05) is 13.8 Å². The number of likely N-dealkylation sites (N-methyl/N-ethyl adjacent to an activating group) is 1. The number of aliphatic imine (C=N–C) groups is 1. The summed E-state index contributed by atoms with van der Waals surface area (Å²) in [6.45, 7) is 9.95. The van der Waals surface area contributed by atoms with Crippen LogP contribution in [0.3, 0.4) is 0 Å². The fourth-order valence-electron chi connectivity index (χ4n) is 2.67. The summed E-state index contributed by atoms with van der Waals surface area (Å²) in [6, 6.07) is 0.787. The summed E-state index contributed by atoms with van der Waals surface area (Å²) in [6.07, 6.45) is 2.99. The van der Waals surface area contributed by atoms with Gasteiger partial charge in [0, 0.05) is 38.6 Å². The molecule has 1 atom stereocenters. The summed E-state index contributed by atoms with van der Waals surface area (Å²) in [5.41, 5.74) is 0. The van der Waals surface area contributed by atoms with Gasteiger partial charge in [0.05, 0.1) is 0 Å². The molecule has 21 heavy (non-hydrogen) atoms. The normalized spacial score (nSPS) is 19.9. The van der Waals surface area contributed by atoms with E-state index in [0.717, 1.165) is 19.0 Å². The van der Waals surface area contributed by atoms with Crippen LogP contribution < -0.4 is 16.0 Å². The van der Waals surface area contributed by atoms with Crippen LogP contribution in [0.2, 0.25) is 0 Å². The first kappa shape index (κ1) is 17.8. The fourth-order valence-corrected chi connectivity index (χ4v) is 2.67. The second kappa shape index (κ2) is 9.60. The molecule has 1 aliphatic heterocycles.